The topological polar surface area (TPSA) is 111 Å². The van der Waals surface area contributed by atoms with Crippen molar-refractivity contribution in [3.8, 4) is 0 Å². The Balaban J connectivity index is 1.21. The van der Waals surface area contributed by atoms with Gasteiger partial charge in [0.25, 0.3) is 0 Å². The fourth-order valence-corrected chi connectivity index (χ4v) is 7.74. The lowest BCUT2D eigenvalue weighted by atomic mass is 9.94. The van der Waals surface area contributed by atoms with Gasteiger partial charge in [-0.05, 0) is 33.4 Å². The average molecular weight is 832 g/mol. The second-order valence-corrected chi connectivity index (χ2v) is 15.9. The number of aliphatic hydroxyl groups is 1. The van der Waals surface area contributed by atoms with Crippen LogP contribution in [0.1, 0.15) is 34.8 Å². The van der Waals surface area contributed by atoms with Crippen molar-refractivity contribution in [2.24, 2.45) is 0 Å². The van der Waals surface area contributed by atoms with E-state index in [0.29, 0.717) is 0 Å². The van der Waals surface area contributed by atoms with Gasteiger partial charge in [0, 0.05) is 0 Å². The molecule has 1 N–H and O–H groups in total. The van der Waals surface area contributed by atoms with Gasteiger partial charge in [0.05, 0.1) is 47.6 Å². The zero-order chi connectivity index (χ0) is 42.2. The second kappa shape index (κ2) is 22.7. The van der Waals surface area contributed by atoms with E-state index in [1.54, 1.807) is 0 Å². The molecule has 7 rings (SSSR count). The molecule has 1 aliphatic rings. The standard InChI is InChI=1S/C49H51O10P/c50-44(37-58-60(51,56-35-42-27-15-5-16-28-42)57-36-43-29-17-6-18-30-43)45-46(52-31-38-19-7-1-8-20-38)47(53-32-39-21-9-2-10-22-39)48(54-33-40-23-11-3-12-24-40)49(59-45)55-34-41-25-13-4-14-26-41/h1-30,44-50H,31-37H2/t44-,45+,46+,47-,48-,49-/m0/s1/i44D. The molecule has 1 heterocycles. The van der Waals surface area contributed by atoms with E-state index in [2.05, 4.69) is 0 Å². The summed E-state index contributed by atoms with van der Waals surface area (Å²) in [5.41, 5.74) is 4.93. The van der Waals surface area contributed by atoms with Crippen molar-refractivity contribution >= 4 is 7.82 Å². The zero-order valence-electron chi connectivity index (χ0n) is 34.2. The molecule has 6 aromatic carbocycles. The van der Waals surface area contributed by atoms with Gasteiger partial charge < -0.3 is 28.8 Å². The fourth-order valence-electron chi connectivity index (χ4n) is 6.61. The summed E-state index contributed by atoms with van der Waals surface area (Å²) >= 11 is 0. The van der Waals surface area contributed by atoms with Crippen molar-refractivity contribution in [3.05, 3.63) is 215 Å². The minimum absolute atomic E-state index is 0.0767. The summed E-state index contributed by atoms with van der Waals surface area (Å²) in [6, 6.07) is 56.7. The Kier molecular flexibility index (Phi) is 15.9. The first-order chi connectivity index (χ1) is 29.8. The maximum absolute atomic E-state index is 14.4. The van der Waals surface area contributed by atoms with Crippen molar-refractivity contribution in [2.75, 3.05) is 6.61 Å². The molecular weight excluding hydrogens is 780 g/mol. The first-order valence-electron chi connectivity index (χ1n) is 20.4. The first-order valence-corrected chi connectivity index (χ1v) is 21.4. The first kappa shape index (κ1) is 41.9. The molecule has 0 aromatic heterocycles. The van der Waals surface area contributed by atoms with E-state index >= 15 is 0 Å². The molecule has 1 aliphatic heterocycles. The normalized spacial score (nSPS) is 20.6. The summed E-state index contributed by atoms with van der Waals surface area (Å²) < 4.78 is 74.7. The number of hydrogen-bond donors (Lipinski definition) is 1. The highest BCUT2D eigenvalue weighted by Gasteiger charge is 2.51. The van der Waals surface area contributed by atoms with Crippen LogP contribution in [0, 0.1) is 0 Å². The molecule has 10 nitrogen and oxygen atoms in total. The maximum Gasteiger partial charge on any atom is 0.475 e. The number of phosphoric ester groups is 1. The molecule has 0 bridgehead atoms. The van der Waals surface area contributed by atoms with Gasteiger partial charge in [-0.3, -0.25) is 13.6 Å². The summed E-state index contributed by atoms with van der Waals surface area (Å²) in [6.45, 7) is -0.579. The lowest BCUT2D eigenvalue weighted by Crippen LogP contribution is -2.63. The van der Waals surface area contributed by atoms with Crippen LogP contribution in [0.2, 0.25) is 0 Å². The van der Waals surface area contributed by atoms with Crippen LogP contribution in [-0.2, 0) is 81.5 Å². The lowest BCUT2D eigenvalue weighted by Gasteiger charge is -2.47. The van der Waals surface area contributed by atoms with Crippen LogP contribution >= 0.6 is 7.82 Å². The van der Waals surface area contributed by atoms with Crippen molar-refractivity contribution in [3.63, 3.8) is 0 Å². The predicted molar refractivity (Wildman–Crippen MR) is 227 cm³/mol. The SMILES string of the molecule is [2H][C@](O)(COP(=O)(OCc1ccccc1)OCc1ccccc1)[C@H]1O[C@H](OCc2ccccc2)[C@@H](OCc2ccccc2)[C@@H](OCc2ccccc2)[C@@H]1OCc1ccccc1. The minimum atomic E-state index is -4.44. The number of hydrogen-bond acceptors (Lipinski definition) is 10. The summed E-state index contributed by atoms with van der Waals surface area (Å²) in [6.07, 6.45) is -8.38. The van der Waals surface area contributed by atoms with Crippen molar-refractivity contribution in [1.82, 2.24) is 0 Å². The number of ether oxygens (including phenoxy) is 5. The van der Waals surface area contributed by atoms with Gasteiger partial charge in [0.2, 0.25) is 0 Å². The molecule has 1 saturated heterocycles. The largest absolute Gasteiger partial charge is 0.475 e. The van der Waals surface area contributed by atoms with E-state index in [4.69, 9.17) is 37.3 Å². The van der Waals surface area contributed by atoms with Gasteiger partial charge in [-0.1, -0.05) is 182 Å². The molecule has 0 radical (unpaired) electrons. The van der Waals surface area contributed by atoms with Crippen LogP contribution in [0.15, 0.2) is 182 Å². The van der Waals surface area contributed by atoms with E-state index in [0.717, 1.165) is 33.4 Å². The third-order valence-corrected chi connectivity index (χ3v) is 11.1. The molecule has 6 atom stereocenters. The van der Waals surface area contributed by atoms with Crippen LogP contribution in [0.5, 0.6) is 0 Å². The Labute approximate surface area is 353 Å². The maximum atomic E-state index is 14.4. The second-order valence-electron chi connectivity index (χ2n) is 14.2. The van der Waals surface area contributed by atoms with Crippen LogP contribution in [0.4, 0.5) is 0 Å². The average Bonchev–Trinajstić information content (AvgIpc) is 3.31. The Hall–Kier alpha value is -4.81. The Bertz CT molecular complexity index is 2140. The van der Waals surface area contributed by atoms with E-state index in [-0.39, 0.29) is 39.6 Å². The molecule has 0 spiro atoms. The molecular formula is C49H51O10P. The highest BCUT2D eigenvalue weighted by molar-refractivity contribution is 7.48. The molecule has 312 valence electrons. The van der Waals surface area contributed by atoms with E-state index in [1.165, 1.54) is 0 Å². The molecule has 1 fully saturated rings. The summed E-state index contributed by atoms with van der Waals surface area (Å²) in [5, 5.41) is 12.3. The Morgan fingerprint density at radius 3 is 1.15 bits per heavy atom. The number of phosphoric acid groups is 1. The molecule has 11 heteroatoms. The van der Waals surface area contributed by atoms with Crippen LogP contribution in [0.25, 0.3) is 0 Å². The Morgan fingerprint density at radius 2 is 0.767 bits per heavy atom. The summed E-state index contributed by atoms with van der Waals surface area (Å²) in [5.74, 6) is 0. The predicted octanol–water partition coefficient (Wildman–Crippen LogP) is 9.60. The van der Waals surface area contributed by atoms with E-state index < -0.39 is 51.2 Å². The molecule has 6 aromatic rings. The van der Waals surface area contributed by atoms with Crippen LogP contribution < -0.4 is 0 Å². The van der Waals surface area contributed by atoms with E-state index in [9.17, 15) is 11.0 Å². The van der Waals surface area contributed by atoms with Gasteiger partial charge in [-0.2, -0.15) is 0 Å². The number of benzene rings is 6. The van der Waals surface area contributed by atoms with Crippen LogP contribution in [0.3, 0.4) is 0 Å². The Morgan fingerprint density at radius 1 is 0.450 bits per heavy atom. The van der Waals surface area contributed by atoms with Crippen molar-refractivity contribution in [1.29, 1.82) is 0 Å². The highest BCUT2D eigenvalue weighted by Crippen LogP contribution is 2.51. The van der Waals surface area contributed by atoms with Gasteiger partial charge in [-0.15, -0.1) is 0 Å². The molecule has 0 aliphatic carbocycles. The van der Waals surface area contributed by atoms with E-state index in [1.807, 2.05) is 182 Å². The van der Waals surface area contributed by atoms with Crippen molar-refractivity contribution in [2.45, 2.75) is 76.4 Å². The van der Waals surface area contributed by atoms with Gasteiger partial charge in [0.15, 0.2) is 6.29 Å². The molecule has 0 amide bonds. The number of rotatable bonds is 22. The molecule has 0 saturated carbocycles. The van der Waals surface area contributed by atoms with Gasteiger partial charge in [0.1, 0.15) is 30.5 Å². The summed E-state index contributed by atoms with van der Waals surface area (Å²) in [7, 11) is -4.44. The third-order valence-electron chi connectivity index (χ3n) is 9.77. The van der Waals surface area contributed by atoms with Crippen LogP contribution in [-0.4, -0.2) is 48.5 Å². The van der Waals surface area contributed by atoms with Gasteiger partial charge in [-0.25, -0.2) is 4.57 Å². The van der Waals surface area contributed by atoms with Gasteiger partial charge >= 0.3 is 7.82 Å². The third kappa shape index (κ3) is 13.1. The lowest BCUT2D eigenvalue weighted by molar-refractivity contribution is -0.337. The van der Waals surface area contributed by atoms with Crippen molar-refractivity contribution < 1.29 is 48.3 Å². The fraction of sp³-hybridized carbons (Fsp3) is 0.265. The monoisotopic (exact) mass is 831 g/mol. The quantitative estimate of drug-likeness (QED) is 0.0665. The molecule has 60 heavy (non-hydrogen) atoms. The summed E-state index contributed by atoms with van der Waals surface area (Å²) in [4.78, 5) is 0. The molecule has 0 unspecified atom stereocenters. The smallest absolute Gasteiger partial charge is 0.388 e. The highest BCUT2D eigenvalue weighted by atomic mass is 31.2. The zero-order valence-corrected chi connectivity index (χ0v) is 34.1. The minimum Gasteiger partial charge on any atom is -0.388 e.